The fourth-order valence-electron chi connectivity index (χ4n) is 3.73. The minimum absolute atomic E-state index is 0.335. The van der Waals surface area contributed by atoms with Crippen LogP contribution in [0.15, 0.2) is 30.3 Å². The van der Waals surface area contributed by atoms with Crippen molar-refractivity contribution in [3.8, 4) is 0 Å². The normalized spacial score (nSPS) is 18.4. The maximum Gasteiger partial charge on any atom is 0.326 e. The number of nitrogens with two attached hydrogens (primary N) is 1. The summed E-state index contributed by atoms with van der Waals surface area (Å²) in [4.78, 5) is 37.7. The summed E-state index contributed by atoms with van der Waals surface area (Å²) in [6, 6.07) is 7.10. The second kappa shape index (κ2) is 11.5. The van der Waals surface area contributed by atoms with E-state index in [4.69, 9.17) is 5.73 Å². The summed E-state index contributed by atoms with van der Waals surface area (Å²) >= 11 is 0. The fraction of sp³-hybridized carbons (Fsp3) is 0.571. The summed E-state index contributed by atoms with van der Waals surface area (Å²) in [6.07, 6.45) is 3.76. The van der Waals surface area contributed by atoms with Gasteiger partial charge >= 0.3 is 11.9 Å². The molecule has 29 heavy (non-hydrogen) atoms. The zero-order chi connectivity index (χ0) is 21.2. The zero-order valence-electron chi connectivity index (χ0n) is 16.6. The van der Waals surface area contributed by atoms with Gasteiger partial charge in [-0.15, -0.1) is 0 Å². The Labute approximate surface area is 171 Å². The van der Waals surface area contributed by atoms with Crippen LogP contribution in [0.4, 0.5) is 0 Å². The highest BCUT2D eigenvalue weighted by molar-refractivity contribution is 5.88. The highest BCUT2D eigenvalue weighted by Crippen LogP contribution is 2.20. The lowest BCUT2D eigenvalue weighted by atomic mass is 10.0. The Balaban J connectivity index is 2.08. The molecular formula is C21H31N3O5. The topological polar surface area (TPSA) is 133 Å². The lowest BCUT2D eigenvalue weighted by molar-refractivity contribution is -0.149. The molecular weight excluding hydrogens is 374 g/mol. The van der Waals surface area contributed by atoms with E-state index in [2.05, 4.69) is 5.32 Å². The number of aryl methyl sites for hydroxylation is 1. The molecule has 5 N–H and O–H groups in total. The maximum absolute atomic E-state index is 13.1. The van der Waals surface area contributed by atoms with Crippen LogP contribution in [0.5, 0.6) is 0 Å². The van der Waals surface area contributed by atoms with E-state index in [0.29, 0.717) is 51.6 Å². The Bertz CT molecular complexity index is 682. The van der Waals surface area contributed by atoms with Gasteiger partial charge in [-0.2, -0.15) is 0 Å². The van der Waals surface area contributed by atoms with Crippen molar-refractivity contribution in [2.45, 2.75) is 63.1 Å². The van der Waals surface area contributed by atoms with Gasteiger partial charge in [0.25, 0.3) is 0 Å². The van der Waals surface area contributed by atoms with Crippen molar-refractivity contribution in [2.24, 2.45) is 5.73 Å². The summed E-state index contributed by atoms with van der Waals surface area (Å²) in [5.41, 5.74) is 6.57. The molecule has 1 aromatic carbocycles. The van der Waals surface area contributed by atoms with Crippen molar-refractivity contribution >= 4 is 17.8 Å². The van der Waals surface area contributed by atoms with Crippen LogP contribution in [0.2, 0.25) is 0 Å². The van der Waals surface area contributed by atoms with Gasteiger partial charge in [0.15, 0.2) is 0 Å². The molecule has 160 valence electrons. The van der Waals surface area contributed by atoms with Crippen LogP contribution >= 0.6 is 0 Å². The highest BCUT2D eigenvalue weighted by atomic mass is 16.4. The van der Waals surface area contributed by atoms with E-state index in [1.807, 2.05) is 30.3 Å². The van der Waals surface area contributed by atoms with Crippen LogP contribution < -0.4 is 11.1 Å². The molecule has 1 unspecified atom stereocenters. The van der Waals surface area contributed by atoms with Crippen molar-refractivity contribution in [3.63, 3.8) is 0 Å². The second-order valence-corrected chi connectivity index (χ2v) is 7.45. The van der Waals surface area contributed by atoms with E-state index < -0.39 is 30.1 Å². The number of benzene rings is 1. The summed E-state index contributed by atoms with van der Waals surface area (Å²) in [5, 5.41) is 22.0. The number of aliphatic carboxylic acids is 2. The summed E-state index contributed by atoms with van der Waals surface area (Å²) < 4.78 is 0. The van der Waals surface area contributed by atoms with Crippen molar-refractivity contribution in [3.05, 3.63) is 35.9 Å². The first-order valence-electron chi connectivity index (χ1n) is 10.2. The molecule has 1 fully saturated rings. The number of carboxylic acid groups (broad SMARTS) is 2. The minimum atomic E-state index is -1.02. The third-order valence-electron chi connectivity index (χ3n) is 5.33. The second-order valence-electron chi connectivity index (χ2n) is 7.45. The van der Waals surface area contributed by atoms with Crippen molar-refractivity contribution in [1.29, 1.82) is 0 Å². The van der Waals surface area contributed by atoms with Gasteiger partial charge < -0.3 is 20.8 Å². The van der Waals surface area contributed by atoms with Crippen LogP contribution in [0.1, 0.15) is 44.1 Å². The average molecular weight is 405 g/mol. The Morgan fingerprint density at radius 2 is 1.83 bits per heavy atom. The van der Waals surface area contributed by atoms with Crippen LogP contribution in [0.25, 0.3) is 0 Å². The molecule has 1 amide bonds. The van der Waals surface area contributed by atoms with E-state index in [-0.39, 0.29) is 5.91 Å². The number of nitrogens with zero attached hydrogens (tertiary/aromatic N) is 1. The molecule has 1 saturated heterocycles. The van der Waals surface area contributed by atoms with Gasteiger partial charge in [-0.3, -0.25) is 14.9 Å². The van der Waals surface area contributed by atoms with E-state index in [1.54, 1.807) is 0 Å². The number of amides is 1. The van der Waals surface area contributed by atoms with Gasteiger partial charge in [0.1, 0.15) is 12.1 Å². The van der Waals surface area contributed by atoms with Crippen LogP contribution in [0.3, 0.4) is 0 Å². The van der Waals surface area contributed by atoms with Gasteiger partial charge in [0, 0.05) is 6.54 Å². The molecule has 3 atom stereocenters. The lowest BCUT2D eigenvalue weighted by Crippen LogP contribution is -2.54. The van der Waals surface area contributed by atoms with Crippen molar-refractivity contribution < 1.29 is 24.6 Å². The van der Waals surface area contributed by atoms with Crippen molar-refractivity contribution in [2.75, 3.05) is 13.1 Å². The Morgan fingerprint density at radius 1 is 1.10 bits per heavy atom. The quantitative estimate of drug-likeness (QED) is 0.384. The predicted octanol–water partition coefficient (Wildman–Crippen LogP) is 1.24. The first kappa shape index (κ1) is 22.8. The van der Waals surface area contributed by atoms with E-state index in [9.17, 15) is 24.6 Å². The third kappa shape index (κ3) is 6.83. The zero-order valence-corrected chi connectivity index (χ0v) is 16.6. The van der Waals surface area contributed by atoms with Gasteiger partial charge in [0.2, 0.25) is 5.91 Å². The summed E-state index contributed by atoms with van der Waals surface area (Å²) in [6.45, 7) is 0.866. The molecule has 0 radical (unpaired) electrons. The largest absolute Gasteiger partial charge is 0.480 e. The average Bonchev–Trinajstić information content (AvgIpc) is 3.20. The van der Waals surface area contributed by atoms with Gasteiger partial charge in [0.05, 0.1) is 6.04 Å². The number of carbonyl (C=O) groups excluding carboxylic acids is 1. The fourth-order valence-corrected chi connectivity index (χ4v) is 3.73. The molecule has 0 aromatic heterocycles. The Kier molecular flexibility index (Phi) is 9.08. The molecule has 2 rings (SSSR count). The molecule has 1 heterocycles. The number of carboxylic acids is 2. The molecule has 8 nitrogen and oxygen atoms in total. The smallest absolute Gasteiger partial charge is 0.326 e. The SMILES string of the molecule is NCCCC[C@H](N[C@@H](CCc1ccccc1)C(=O)O)C(=O)N1CCCC1C(=O)O. The van der Waals surface area contributed by atoms with E-state index in [0.717, 1.165) is 12.0 Å². The number of rotatable bonds is 12. The van der Waals surface area contributed by atoms with Gasteiger partial charge in [-0.25, -0.2) is 4.79 Å². The first-order valence-corrected chi connectivity index (χ1v) is 10.2. The van der Waals surface area contributed by atoms with Crippen LogP contribution in [-0.2, 0) is 20.8 Å². The summed E-state index contributed by atoms with van der Waals surface area (Å²) in [7, 11) is 0. The maximum atomic E-state index is 13.1. The first-order chi connectivity index (χ1) is 13.9. The Morgan fingerprint density at radius 3 is 2.45 bits per heavy atom. The molecule has 0 bridgehead atoms. The van der Waals surface area contributed by atoms with Crippen LogP contribution in [-0.4, -0.2) is 64.2 Å². The number of likely N-dealkylation sites (tertiary alicyclic amines) is 1. The lowest BCUT2D eigenvalue weighted by Gasteiger charge is -2.29. The van der Waals surface area contributed by atoms with Gasteiger partial charge in [-0.1, -0.05) is 36.8 Å². The molecule has 8 heteroatoms. The van der Waals surface area contributed by atoms with Crippen LogP contribution in [0, 0.1) is 0 Å². The molecule has 0 aliphatic carbocycles. The highest BCUT2D eigenvalue weighted by Gasteiger charge is 2.38. The monoisotopic (exact) mass is 405 g/mol. The van der Waals surface area contributed by atoms with Crippen molar-refractivity contribution in [1.82, 2.24) is 10.2 Å². The molecule has 1 aromatic rings. The number of carbonyl (C=O) groups is 3. The molecule has 1 aliphatic rings. The number of unbranched alkanes of at least 4 members (excludes halogenated alkanes) is 1. The molecule has 0 saturated carbocycles. The van der Waals surface area contributed by atoms with E-state index in [1.165, 1.54) is 4.90 Å². The minimum Gasteiger partial charge on any atom is -0.480 e. The molecule has 1 aliphatic heterocycles. The predicted molar refractivity (Wildman–Crippen MR) is 108 cm³/mol. The number of hydrogen-bond donors (Lipinski definition) is 4. The summed E-state index contributed by atoms with van der Waals surface area (Å²) in [5.74, 6) is -2.37. The Hall–Kier alpha value is -2.45. The third-order valence-corrected chi connectivity index (χ3v) is 5.33. The number of hydrogen-bond acceptors (Lipinski definition) is 5. The standard InChI is InChI=1S/C21H31N3O5/c22-13-5-4-9-16(19(25)24-14-6-10-18(24)21(28)29)23-17(20(26)27)12-11-15-7-2-1-3-8-15/h1-3,7-8,16-18,23H,4-6,9-14,22H2,(H,26,27)(H,28,29)/t16-,17-,18?/m0/s1. The number of nitrogens with one attached hydrogen (secondary N) is 1. The molecule has 0 spiro atoms. The van der Waals surface area contributed by atoms with Gasteiger partial charge in [-0.05, 0) is 50.6 Å². The van der Waals surface area contributed by atoms with E-state index >= 15 is 0 Å².